The summed E-state index contributed by atoms with van der Waals surface area (Å²) >= 11 is 0. The van der Waals surface area contributed by atoms with Gasteiger partial charge in [-0.1, -0.05) is 0 Å². The van der Waals surface area contributed by atoms with E-state index in [1.165, 1.54) is 7.11 Å². The summed E-state index contributed by atoms with van der Waals surface area (Å²) < 4.78 is 10.2. The van der Waals surface area contributed by atoms with Gasteiger partial charge in [0.05, 0.1) is 25.9 Å². The zero-order valence-electron chi connectivity index (χ0n) is 12.7. The van der Waals surface area contributed by atoms with Crippen LogP contribution in [0.1, 0.15) is 23.2 Å². The van der Waals surface area contributed by atoms with E-state index in [9.17, 15) is 9.59 Å². The van der Waals surface area contributed by atoms with Gasteiger partial charge in [-0.3, -0.25) is 4.79 Å². The van der Waals surface area contributed by atoms with Crippen molar-refractivity contribution in [1.29, 1.82) is 0 Å². The Morgan fingerprint density at radius 3 is 2.50 bits per heavy atom. The number of ether oxygens (including phenoxy) is 2. The fourth-order valence-electron chi connectivity index (χ4n) is 2.91. The molecule has 0 aromatic heterocycles. The third kappa shape index (κ3) is 2.92. The minimum absolute atomic E-state index is 0.106. The monoisotopic (exact) mass is 304 g/mol. The van der Waals surface area contributed by atoms with Gasteiger partial charge in [-0.25, -0.2) is 4.79 Å². The number of esters is 1. The second-order valence-electron chi connectivity index (χ2n) is 5.48. The van der Waals surface area contributed by atoms with Crippen LogP contribution in [-0.4, -0.2) is 51.8 Å². The standard InChI is InChI=1S/C16H20N2O4/c1-21-16(20)12-9-13(17-5-7-22-8-6-17)11-14(10-12)18-4-2-3-15(18)19/h9-11H,2-8H2,1H3. The predicted octanol–water partition coefficient (Wildman–Crippen LogP) is 1.44. The van der Waals surface area contributed by atoms with Crippen molar-refractivity contribution < 1.29 is 19.1 Å². The molecule has 22 heavy (non-hydrogen) atoms. The lowest BCUT2D eigenvalue weighted by atomic mass is 10.1. The molecule has 2 saturated heterocycles. The van der Waals surface area contributed by atoms with E-state index in [1.807, 2.05) is 12.1 Å². The summed E-state index contributed by atoms with van der Waals surface area (Å²) in [7, 11) is 1.37. The second-order valence-corrected chi connectivity index (χ2v) is 5.48. The molecule has 6 heteroatoms. The van der Waals surface area contributed by atoms with Gasteiger partial charge in [-0.2, -0.15) is 0 Å². The molecule has 6 nitrogen and oxygen atoms in total. The SMILES string of the molecule is COC(=O)c1cc(N2CCOCC2)cc(N2CCCC2=O)c1. The Bertz CT molecular complexity index is 582. The number of hydrogen-bond donors (Lipinski definition) is 0. The first-order valence-electron chi connectivity index (χ1n) is 7.55. The third-order valence-corrected chi connectivity index (χ3v) is 4.08. The van der Waals surface area contributed by atoms with Gasteiger partial charge in [0.25, 0.3) is 0 Å². The van der Waals surface area contributed by atoms with Crippen LogP contribution in [0.15, 0.2) is 18.2 Å². The number of anilines is 2. The van der Waals surface area contributed by atoms with Gasteiger partial charge in [0.2, 0.25) is 5.91 Å². The summed E-state index contributed by atoms with van der Waals surface area (Å²) in [6.07, 6.45) is 1.42. The fourth-order valence-corrected chi connectivity index (χ4v) is 2.91. The molecule has 2 aliphatic rings. The summed E-state index contributed by atoms with van der Waals surface area (Å²) in [6, 6.07) is 5.53. The number of carbonyl (C=O) groups excluding carboxylic acids is 2. The minimum Gasteiger partial charge on any atom is -0.465 e. The molecule has 0 spiro atoms. The Hall–Kier alpha value is -2.08. The number of methoxy groups -OCH3 is 1. The van der Waals surface area contributed by atoms with E-state index in [0.29, 0.717) is 31.7 Å². The molecule has 0 aliphatic carbocycles. The summed E-state index contributed by atoms with van der Waals surface area (Å²) in [5, 5.41) is 0. The molecule has 0 saturated carbocycles. The molecule has 1 amide bonds. The average molecular weight is 304 g/mol. The quantitative estimate of drug-likeness (QED) is 0.791. The van der Waals surface area contributed by atoms with Gasteiger partial charge in [-0.15, -0.1) is 0 Å². The van der Waals surface area contributed by atoms with Crippen molar-refractivity contribution in [3.05, 3.63) is 23.8 Å². The lowest BCUT2D eigenvalue weighted by Gasteiger charge is -2.30. The van der Waals surface area contributed by atoms with Crippen LogP contribution < -0.4 is 9.80 Å². The Kier molecular flexibility index (Phi) is 4.29. The van der Waals surface area contributed by atoms with Crippen LogP contribution in [0.5, 0.6) is 0 Å². The highest BCUT2D eigenvalue weighted by molar-refractivity contribution is 5.98. The maximum absolute atomic E-state index is 12.0. The van der Waals surface area contributed by atoms with Crippen LogP contribution in [0.3, 0.4) is 0 Å². The molecule has 3 rings (SSSR count). The van der Waals surface area contributed by atoms with E-state index in [4.69, 9.17) is 9.47 Å². The van der Waals surface area contributed by atoms with E-state index < -0.39 is 0 Å². The van der Waals surface area contributed by atoms with Crippen molar-refractivity contribution in [1.82, 2.24) is 0 Å². The Morgan fingerprint density at radius 1 is 1.14 bits per heavy atom. The molecule has 0 unspecified atom stereocenters. The second kappa shape index (κ2) is 6.36. The summed E-state index contributed by atoms with van der Waals surface area (Å²) in [5.41, 5.74) is 2.17. The van der Waals surface area contributed by atoms with E-state index in [2.05, 4.69) is 4.90 Å². The van der Waals surface area contributed by atoms with Crippen LogP contribution in [0, 0.1) is 0 Å². The van der Waals surface area contributed by atoms with Gasteiger partial charge in [-0.05, 0) is 24.6 Å². The molecule has 118 valence electrons. The molecular formula is C16H20N2O4. The highest BCUT2D eigenvalue weighted by Crippen LogP contribution is 2.29. The first kappa shape index (κ1) is 14.8. The molecule has 0 radical (unpaired) electrons. The average Bonchev–Trinajstić information content (AvgIpc) is 3.00. The number of rotatable bonds is 3. The summed E-state index contributed by atoms with van der Waals surface area (Å²) in [5.74, 6) is -0.280. The topological polar surface area (TPSA) is 59.1 Å². The molecule has 2 fully saturated rings. The summed E-state index contributed by atoms with van der Waals surface area (Å²) in [4.78, 5) is 27.8. The summed E-state index contributed by atoms with van der Waals surface area (Å²) in [6.45, 7) is 3.59. The van der Waals surface area contributed by atoms with Gasteiger partial charge < -0.3 is 19.3 Å². The van der Waals surface area contributed by atoms with Gasteiger partial charge in [0.1, 0.15) is 0 Å². The van der Waals surface area contributed by atoms with Gasteiger partial charge in [0, 0.05) is 37.4 Å². The number of benzene rings is 1. The molecule has 0 N–H and O–H groups in total. The van der Waals surface area contributed by atoms with Crippen LogP contribution in [0.2, 0.25) is 0 Å². The largest absolute Gasteiger partial charge is 0.465 e. The highest BCUT2D eigenvalue weighted by atomic mass is 16.5. The van der Waals surface area contributed by atoms with E-state index in [0.717, 1.165) is 30.9 Å². The number of morpholine rings is 1. The molecule has 2 heterocycles. The minimum atomic E-state index is -0.386. The van der Waals surface area contributed by atoms with Crippen LogP contribution >= 0.6 is 0 Å². The van der Waals surface area contributed by atoms with E-state index >= 15 is 0 Å². The predicted molar refractivity (Wildman–Crippen MR) is 82.4 cm³/mol. The van der Waals surface area contributed by atoms with Crippen molar-refractivity contribution >= 4 is 23.3 Å². The normalized spacial score (nSPS) is 18.7. The smallest absolute Gasteiger partial charge is 0.337 e. The van der Waals surface area contributed by atoms with Gasteiger partial charge in [0.15, 0.2) is 0 Å². The Morgan fingerprint density at radius 2 is 1.86 bits per heavy atom. The first-order chi connectivity index (χ1) is 10.7. The molecular weight excluding hydrogens is 284 g/mol. The molecule has 1 aromatic rings. The number of carbonyl (C=O) groups is 2. The molecule has 2 aliphatic heterocycles. The van der Waals surface area contributed by atoms with E-state index in [1.54, 1.807) is 11.0 Å². The van der Waals surface area contributed by atoms with Crippen molar-refractivity contribution in [2.45, 2.75) is 12.8 Å². The zero-order valence-corrected chi connectivity index (χ0v) is 12.7. The van der Waals surface area contributed by atoms with Crippen molar-refractivity contribution in [3.8, 4) is 0 Å². The molecule has 0 bridgehead atoms. The number of nitrogens with zero attached hydrogens (tertiary/aromatic N) is 2. The molecule has 1 aromatic carbocycles. The first-order valence-corrected chi connectivity index (χ1v) is 7.55. The van der Waals surface area contributed by atoms with Crippen LogP contribution in [-0.2, 0) is 14.3 Å². The third-order valence-electron chi connectivity index (χ3n) is 4.08. The maximum atomic E-state index is 12.0. The fraction of sp³-hybridized carbons (Fsp3) is 0.500. The molecule has 0 atom stereocenters. The number of hydrogen-bond acceptors (Lipinski definition) is 5. The highest BCUT2D eigenvalue weighted by Gasteiger charge is 2.24. The maximum Gasteiger partial charge on any atom is 0.337 e. The van der Waals surface area contributed by atoms with Gasteiger partial charge >= 0.3 is 5.97 Å². The zero-order chi connectivity index (χ0) is 15.5. The van der Waals surface area contributed by atoms with Crippen LogP contribution in [0.4, 0.5) is 11.4 Å². The lowest BCUT2D eigenvalue weighted by Crippen LogP contribution is -2.36. The number of amides is 1. The van der Waals surface area contributed by atoms with Crippen molar-refractivity contribution in [3.63, 3.8) is 0 Å². The van der Waals surface area contributed by atoms with Crippen molar-refractivity contribution in [2.75, 3.05) is 49.8 Å². The van der Waals surface area contributed by atoms with Crippen LogP contribution in [0.25, 0.3) is 0 Å². The Labute approximate surface area is 129 Å². The van der Waals surface area contributed by atoms with E-state index in [-0.39, 0.29) is 11.9 Å². The Balaban J connectivity index is 1.97. The van der Waals surface area contributed by atoms with Crippen molar-refractivity contribution in [2.24, 2.45) is 0 Å². The lowest BCUT2D eigenvalue weighted by molar-refractivity contribution is -0.117.